The second-order valence-corrected chi connectivity index (χ2v) is 5.19. The summed E-state index contributed by atoms with van der Waals surface area (Å²) in [6, 6.07) is 3.54. The van der Waals surface area contributed by atoms with E-state index in [4.69, 9.17) is 14.3 Å². The molecule has 0 radical (unpaired) electrons. The van der Waals surface area contributed by atoms with Crippen molar-refractivity contribution in [1.82, 2.24) is 9.80 Å². The van der Waals surface area contributed by atoms with Gasteiger partial charge < -0.3 is 24.1 Å². The Kier molecular flexibility index (Phi) is 4.85. The van der Waals surface area contributed by atoms with Crippen molar-refractivity contribution in [2.24, 2.45) is 0 Å². The minimum atomic E-state index is -0.922. The van der Waals surface area contributed by atoms with Gasteiger partial charge in [0.15, 0.2) is 0 Å². The van der Waals surface area contributed by atoms with Crippen molar-refractivity contribution in [2.45, 2.75) is 26.0 Å². The van der Waals surface area contributed by atoms with Crippen molar-refractivity contribution >= 4 is 12.0 Å². The lowest BCUT2D eigenvalue weighted by Crippen LogP contribution is -2.50. The van der Waals surface area contributed by atoms with Gasteiger partial charge in [-0.2, -0.15) is 0 Å². The third-order valence-electron chi connectivity index (χ3n) is 3.33. The molecular formula is C14H20N2O5. The summed E-state index contributed by atoms with van der Waals surface area (Å²) in [5.41, 5.74) is 0. The standard InChI is InChI=1S/C14H20N2O5/c1-10-3-4-11(21-10)8-15(2)14(19)16-5-6-20-12(9-16)7-13(17)18/h3-4,12H,5-9H2,1-2H3,(H,17,18). The molecule has 2 rings (SSSR count). The maximum atomic E-state index is 12.3. The lowest BCUT2D eigenvalue weighted by atomic mass is 10.2. The van der Waals surface area contributed by atoms with Crippen LogP contribution in [0.1, 0.15) is 17.9 Å². The molecule has 1 fully saturated rings. The van der Waals surface area contributed by atoms with E-state index >= 15 is 0 Å². The average molecular weight is 296 g/mol. The van der Waals surface area contributed by atoms with Crippen LogP contribution in [-0.4, -0.2) is 59.8 Å². The Balaban J connectivity index is 1.90. The molecule has 1 aromatic rings. The molecule has 0 spiro atoms. The van der Waals surface area contributed by atoms with Crippen LogP contribution >= 0.6 is 0 Å². The van der Waals surface area contributed by atoms with Crippen molar-refractivity contribution in [2.75, 3.05) is 26.7 Å². The Hall–Kier alpha value is -2.02. The molecule has 7 heteroatoms. The number of carbonyl (C=O) groups excluding carboxylic acids is 1. The number of morpholine rings is 1. The SMILES string of the molecule is Cc1ccc(CN(C)C(=O)N2CCOC(CC(=O)O)C2)o1. The minimum absolute atomic E-state index is 0.0924. The zero-order chi connectivity index (χ0) is 15.4. The van der Waals surface area contributed by atoms with E-state index < -0.39 is 12.1 Å². The van der Waals surface area contributed by atoms with E-state index in [0.717, 1.165) is 11.5 Å². The summed E-state index contributed by atoms with van der Waals surface area (Å²) in [6.45, 7) is 3.36. The molecule has 0 aliphatic carbocycles. The van der Waals surface area contributed by atoms with Gasteiger partial charge in [-0.15, -0.1) is 0 Å². The van der Waals surface area contributed by atoms with Gasteiger partial charge >= 0.3 is 12.0 Å². The second kappa shape index (κ2) is 6.62. The number of amides is 2. The molecule has 1 aliphatic rings. The topological polar surface area (TPSA) is 83.2 Å². The van der Waals surface area contributed by atoms with E-state index in [-0.39, 0.29) is 12.5 Å². The number of nitrogens with zero attached hydrogens (tertiary/aromatic N) is 2. The predicted molar refractivity (Wildman–Crippen MR) is 73.9 cm³/mol. The summed E-state index contributed by atoms with van der Waals surface area (Å²) < 4.78 is 10.8. The van der Waals surface area contributed by atoms with Gasteiger partial charge in [0.2, 0.25) is 0 Å². The molecule has 1 unspecified atom stereocenters. The third kappa shape index (κ3) is 4.22. The number of aryl methyl sites for hydroxylation is 1. The van der Waals surface area contributed by atoms with Crippen LogP contribution in [-0.2, 0) is 16.1 Å². The van der Waals surface area contributed by atoms with Crippen LogP contribution < -0.4 is 0 Å². The average Bonchev–Trinajstić information content (AvgIpc) is 2.82. The summed E-state index contributed by atoms with van der Waals surface area (Å²) in [6.07, 6.45) is -0.537. The van der Waals surface area contributed by atoms with Crippen LogP contribution in [0, 0.1) is 6.92 Å². The minimum Gasteiger partial charge on any atom is -0.481 e. The molecule has 2 amide bonds. The fourth-order valence-electron chi connectivity index (χ4n) is 2.32. The fourth-order valence-corrected chi connectivity index (χ4v) is 2.32. The second-order valence-electron chi connectivity index (χ2n) is 5.19. The number of carboxylic acid groups (broad SMARTS) is 1. The van der Waals surface area contributed by atoms with E-state index in [1.165, 1.54) is 0 Å². The summed E-state index contributed by atoms with van der Waals surface area (Å²) in [5, 5.41) is 8.79. The normalized spacial score (nSPS) is 18.6. The first kappa shape index (κ1) is 15.4. The molecule has 7 nitrogen and oxygen atoms in total. The number of aliphatic carboxylic acids is 1. The lowest BCUT2D eigenvalue weighted by Gasteiger charge is -2.34. The Bertz CT molecular complexity index is 513. The van der Waals surface area contributed by atoms with E-state index in [2.05, 4.69) is 0 Å². The Morgan fingerprint density at radius 1 is 1.48 bits per heavy atom. The third-order valence-corrected chi connectivity index (χ3v) is 3.33. The monoisotopic (exact) mass is 296 g/mol. The van der Waals surface area contributed by atoms with Crippen LogP contribution in [0.15, 0.2) is 16.5 Å². The Morgan fingerprint density at radius 2 is 2.24 bits per heavy atom. The van der Waals surface area contributed by atoms with Gasteiger partial charge in [-0.05, 0) is 19.1 Å². The van der Waals surface area contributed by atoms with Crippen LogP contribution in [0.2, 0.25) is 0 Å². The number of rotatable bonds is 4. The fraction of sp³-hybridized carbons (Fsp3) is 0.571. The van der Waals surface area contributed by atoms with Crippen LogP contribution in [0.5, 0.6) is 0 Å². The van der Waals surface area contributed by atoms with E-state index in [1.54, 1.807) is 16.8 Å². The van der Waals surface area contributed by atoms with Crippen molar-refractivity contribution in [3.63, 3.8) is 0 Å². The molecule has 0 aromatic carbocycles. The highest BCUT2D eigenvalue weighted by Crippen LogP contribution is 2.13. The number of urea groups is 1. The smallest absolute Gasteiger partial charge is 0.320 e. The molecule has 2 heterocycles. The number of furan rings is 1. The number of carbonyl (C=O) groups is 2. The Labute approximate surface area is 123 Å². The van der Waals surface area contributed by atoms with Gasteiger partial charge in [0.25, 0.3) is 0 Å². The van der Waals surface area contributed by atoms with Gasteiger partial charge in [0.1, 0.15) is 11.5 Å². The van der Waals surface area contributed by atoms with Gasteiger partial charge in [0.05, 0.1) is 25.7 Å². The summed E-state index contributed by atoms with van der Waals surface area (Å²) >= 11 is 0. The Morgan fingerprint density at radius 3 is 2.86 bits per heavy atom. The maximum Gasteiger partial charge on any atom is 0.320 e. The molecule has 116 valence electrons. The molecule has 1 aromatic heterocycles. The quantitative estimate of drug-likeness (QED) is 0.906. The molecule has 1 aliphatic heterocycles. The molecule has 1 atom stereocenters. The summed E-state index contributed by atoms with van der Waals surface area (Å²) in [4.78, 5) is 26.2. The van der Waals surface area contributed by atoms with Gasteiger partial charge in [0, 0.05) is 20.1 Å². The first-order valence-corrected chi connectivity index (χ1v) is 6.84. The molecule has 0 bridgehead atoms. The maximum absolute atomic E-state index is 12.3. The molecule has 1 saturated heterocycles. The highest BCUT2D eigenvalue weighted by molar-refractivity contribution is 5.74. The van der Waals surface area contributed by atoms with E-state index in [9.17, 15) is 9.59 Å². The van der Waals surface area contributed by atoms with Crippen molar-refractivity contribution in [3.8, 4) is 0 Å². The molecule has 1 N–H and O–H groups in total. The van der Waals surface area contributed by atoms with Crippen molar-refractivity contribution < 1.29 is 23.8 Å². The highest BCUT2D eigenvalue weighted by atomic mass is 16.5. The van der Waals surface area contributed by atoms with Crippen molar-refractivity contribution in [1.29, 1.82) is 0 Å². The molecule has 0 saturated carbocycles. The van der Waals surface area contributed by atoms with Crippen molar-refractivity contribution in [3.05, 3.63) is 23.7 Å². The predicted octanol–water partition coefficient (Wildman–Crippen LogP) is 1.32. The molecule has 21 heavy (non-hydrogen) atoms. The molecular weight excluding hydrogens is 276 g/mol. The van der Waals surface area contributed by atoms with Crippen LogP contribution in [0.4, 0.5) is 4.79 Å². The first-order chi connectivity index (χ1) is 9.95. The lowest BCUT2D eigenvalue weighted by molar-refractivity contribution is -0.141. The van der Waals surface area contributed by atoms with Crippen LogP contribution in [0.3, 0.4) is 0 Å². The summed E-state index contributed by atoms with van der Waals surface area (Å²) in [7, 11) is 1.70. The zero-order valence-corrected chi connectivity index (χ0v) is 12.2. The highest BCUT2D eigenvalue weighted by Gasteiger charge is 2.27. The van der Waals surface area contributed by atoms with Crippen LogP contribution in [0.25, 0.3) is 0 Å². The number of ether oxygens (including phenoxy) is 1. The first-order valence-electron chi connectivity index (χ1n) is 6.84. The van der Waals surface area contributed by atoms with Gasteiger partial charge in [-0.1, -0.05) is 0 Å². The largest absolute Gasteiger partial charge is 0.481 e. The van der Waals surface area contributed by atoms with Gasteiger partial charge in [-0.25, -0.2) is 4.79 Å². The number of carboxylic acids is 1. The van der Waals surface area contributed by atoms with E-state index in [1.807, 2.05) is 19.1 Å². The number of hydrogen-bond acceptors (Lipinski definition) is 4. The zero-order valence-electron chi connectivity index (χ0n) is 12.2. The number of hydrogen-bond donors (Lipinski definition) is 1. The van der Waals surface area contributed by atoms with E-state index in [0.29, 0.717) is 26.2 Å². The summed E-state index contributed by atoms with van der Waals surface area (Å²) in [5.74, 6) is 0.603. The van der Waals surface area contributed by atoms with Gasteiger partial charge in [-0.3, -0.25) is 4.79 Å².